The SMILES string of the molecule is CCCCOC(=O)/C=C/C=C/c1ccccc1. The highest BCUT2D eigenvalue weighted by atomic mass is 16.5. The van der Waals surface area contributed by atoms with Crippen LogP contribution in [0.2, 0.25) is 0 Å². The molecule has 2 nitrogen and oxygen atoms in total. The van der Waals surface area contributed by atoms with Crippen molar-refractivity contribution in [2.75, 3.05) is 6.61 Å². The van der Waals surface area contributed by atoms with Gasteiger partial charge in [0.05, 0.1) is 6.61 Å². The molecule has 0 aliphatic carbocycles. The van der Waals surface area contributed by atoms with Crippen molar-refractivity contribution in [1.29, 1.82) is 0 Å². The highest BCUT2D eigenvalue weighted by molar-refractivity contribution is 5.82. The molecule has 1 rings (SSSR count). The molecule has 0 amide bonds. The molecule has 1 aromatic rings. The van der Waals surface area contributed by atoms with E-state index in [1.165, 1.54) is 6.08 Å². The third-order valence-corrected chi connectivity index (χ3v) is 2.17. The van der Waals surface area contributed by atoms with Crippen molar-refractivity contribution in [1.82, 2.24) is 0 Å². The number of benzene rings is 1. The highest BCUT2D eigenvalue weighted by Crippen LogP contribution is 2.00. The predicted molar refractivity (Wildman–Crippen MR) is 70.5 cm³/mol. The van der Waals surface area contributed by atoms with E-state index < -0.39 is 0 Å². The smallest absolute Gasteiger partial charge is 0.330 e. The average molecular weight is 230 g/mol. The van der Waals surface area contributed by atoms with E-state index in [2.05, 4.69) is 6.92 Å². The summed E-state index contributed by atoms with van der Waals surface area (Å²) in [6, 6.07) is 9.93. The molecule has 2 heteroatoms. The summed E-state index contributed by atoms with van der Waals surface area (Å²) >= 11 is 0. The quantitative estimate of drug-likeness (QED) is 0.323. The van der Waals surface area contributed by atoms with Crippen LogP contribution in [-0.4, -0.2) is 12.6 Å². The van der Waals surface area contributed by atoms with Gasteiger partial charge in [-0.15, -0.1) is 0 Å². The van der Waals surface area contributed by atoms with Crippen molar-refractivity contribution in [2.24, 2.45) is 0 Å². The number of ether oxygens (including phenoxy) is 1. The van der Waals surface area contributed by atoms with E-state index in [0.29, 0.717) is 6.61 Å². The first-order valence-corrected chi connectivity index (χ1v) is 5.89. The molecule has 0 N–H and O–H groups in total. The maximum Gasteiger partial charge on any atom is 0.330 e. The number of allylic oxidation sites excluding steroid dienone is 2. The molecular formula is C15H18O2. The molecule has 0 fully saturated rings. The maximum absolute atomic E-state index is 11.2. The number of hydrogen-bond donors (Lipinski definition) is 0. The van der Waals surface area contributed by atoms with Crippen LogP contribution in [0.1, 0.15) is 25.3 Å². The first-order valence-electron chi connectivity index (χ1n) is 5.89. The standard InChI is InChI=1S/C15H18O2/c1-2-3-13-17-15(16)12-8-7-11-14-9-5-4-6-10-14/h4-12H,2-3,13H2,1H3/b11-7+,12-8+. The van der Waals surface area contributed by atoms with Gasteiger partial charge in [0.1, 0.15) is 0 Å². The van der Waals surface area contributed by atoms with E-state index >= 15 is 0 Å². The normalized spacial score (nSPS) is 11.1. The molecule has 0 heterocycles. The van der Waals surface area contributed by atoms with Crippen molar-refractivity contribution in [3.05, 3.63) is 54.1 Å². The van der Waals surface area contributed by atoms with Crippen LogP contribution in [0.3, 0.4) is 0 Å². The minimum Gasteiger partial charge on any atom is -0.463 e. The number of carbonyl (C=O) groups excluding carboxylic acids is 1. The molecular weight excluding hydrogens is 212 g/mol. The zero-order chi connectivity index (χ0) is 12.3. The molecule has 17 heavy (non-hydrogen) atoms. The Morgan fingerprint density at radius 1 is 1.24 bits per heavy atom. The van der Waals surface area contributed by atoms with Crippen LogP contribution in [0.25, 0.3) is 6.08 Å². The number of unbranched alkanes of at least 4 members (excludes halogenated alkanes) is 1. The third kappa shape index (κ3) is 6.36. The second-order valence-corrected chi connectivity index (χ2v) is 3.65. The second-order valence-electron chi connectivity index (χ2n) is 3.65. The third-order valence-electron chi connectivity index (χ3n) is 2.17. The summed E-state index contributed by atoms with van der Waals surface area (Å²) in [6.07, 6.45) is 8.85. The molecule has 0 aromatic heterocycles. The molecule has 90 valence electrons. The van der Waals surface area contributed by atoms with E-state index in [1.807, 2.05) is 42.5 Å². The predicted octanol–water partition coefficient (Wildman–Crippen LogP) is 3.60. The van der Waals surface area contributed by atoms with Crippen molar-refractivity contribution in [2.45, 2.75) is 19.8 Å². The fourth-order valence-corrected chi connectivity index (χ4v) is 1.23. The van der Waals surface area contributed by atoms with E-state index in [4.69, 9.17) is 4.74 Å². The number of carbonyl (C=O) groups is 1. The van der Waals surface area contributed by atoms with Crippen LogP contribution in [0.15, 0.2) is 48.6 Å². The Hall–Kier alpha value is -1.83. The molecule has 0 radical (unpaired) electrons. The lowest BCUT2D eigenvalue weighted by molar-refractivity contribution is -0.137. The highest BCUT2D eigenvalue weighted by Gasteiger charge is 1.93. The van der Waals surface area contributed by atoms with Crippen molar-refractivity contribution >= 4 is 12.0 Å². The fourth-order valence-electron chi connectivity index (χ4n) is 1.23. The number of esters is 1. The van der Waals surface area contributed by atoms with Gasteiger partial charge < -0.3 is 4.74 Å². The number of rotatable bonds is 6. The van der Waals surface area contributed by atoms with Gasteiger partial charge in [0.25, 0.3) is 0 Å². The molecule has 1 aromatic carbocycles. The Balaban J connectivity index is 2.30. The fraction of sp³-hybridized carbons (Fsp3) is 0.267. The van der Waals surface area contributed by atoms with Crippen LogP contribution >= 0.6 is 0 Å². The van der Waals surface area contributed by atoms with Crippen molar-refractivity contribution in [3.63, 3.8) is 0 Å². The summed E-state index contributed by atoms with van der Waals surface area (Å²) in [5.74, 6) is -0.281. The Morgan fingerprint density at radius 2 is 2.00 bits per heavy atom. The Labute approximate surface area is 103 Å². The first kappa shape index (κ1) is 13.2. The van der Waals surface area contributed by atoms with Gasteiger partial charge in [0.2, 0.25) is 0 Å². The Bertz CT molecular complexity index is 377. The zero-order valence-electron chi connectivity index (χ0n) is 10.1. The Morgan fingerprint density at radius 3 is 2.71 bits per heavy atom. The molecule has 0 bridgehead atoms. The monoisotopic (exact) mass is 230 g/mol. The molecule has 0 aliphatic rings. The van der Waals surface area contributed by atoms with Gasteiger partial charge in [0.15, 0.2) is 0 Å². The minimum atomic E-state index is -0.281. The lowest BCUT2D eigenvalue weighted by atomic mass is 10.2. The van der Waals surface area contributed by atoms with Gasteiger partial charge >= 0.3 is 5.97 Å². The lowest BCUT2D eigenvalue weighted by Crippen LogP contribution is -2.01. The number of hydrogen-bond acceptors (Lipinski definition) is 2. The molecule has 0 aliphatic heterocycles. The minimum absolute atomic E-state index is 0.281. The van der Waals surface area contributed by atoms with Crippen molar-refractivity contribution in [3.8, 4) is 0 Å². The summed E-state index contributed by atoms with van der Waals surface area (Å²) < 4.78 is 4.98. The summed E-state index contributed by atoms with van der Waals surface area (Å²) in [4.78, 5) is 11.2. The largest absolute Gasteiger partial charge is 0.463 e. The van der Waals surface area contributed by atoms with Gasteiger partial charge in [0, 0.05) is 6.08 Å². The molecule has 0 unspecified atom stereocenters. The summed E-state index contributed by atoms with van der Waals surface area (Å²) in [5, 5.41) is 0. The van der Waals surface area contributed by atoms with Crippen LogP contribution in [-0.2, 0) is 9.53 Å². The lowest BCUT2D eigenvalue weighted by Gasteiger charge is -1.98. The second kappa shape index (κ2) is 8.34. The van der Waals surface area contributed by atoms with Gasteiger partial charge in [-0.1, -0.05) is 61.9 Å². The summed E-state index contributed by atoms with van der Waals surface area (Å²) in [7, 11) is 0. The molecule has 0 saturated carbocycles. The van der Waals surface area contributed by atoms with Crippen LogP contribution in [0, 0.1) is 0 Å². The van der Waals surface area contributed by atoms with Crippen LogP contribution < -0.4 is 0 Å². The molecule has 0 spiro atoms. The molecule has 0 atom stereocenters. The maximum atomic E-state index is 11.2. The van der Waals surface area contributed by atoms with Gasteiger partial charge in [-0.25, -0.2) is 4.79 Å². The van der Waals surface area contributed by atoms with Crippen LogP contribution in [0.5, 0.6) is 0 Å². The topological polar surface area (TPSA) is 26.3 Å². The van der Waals surface area contributed by atoms with E-state index in [-0.39, 0.29) is 5.97 Å². The van der Waals surface area contributed by atoms with Gasteiger partial charge in [-0.05, 0) is 12.0 Å². The van der Waals surface area contributed by atoms with Gasteiger partial charge in [-0.2, -0.15) is 0 Å². The Kier molecular flexibility index (Phi) is 6.49. The van der Waals surface area contributed by atoms with Crippen molar-refractivity contribution < 1.29 is 9.53 Å². The molecule has 0 saturated heterocycles. The van der Waals surface area contributed by atoms with E-state index in [9.17, 15) is 4.79 Å². The van der Waals surface area contributed by atoms with Gasteiger partial charge in [-0.3, -0.25) is 0 Å². The van der Waals surface area contributed by atoms with E-state index in [0.717, 1.165) is 18.4 Å². The zero-order valence-corrected chi connectivity index (χ0v) is 10.1. The van der Waals surface area contributed by atoms with E-state index in [1.54, 1.807) is 6.08 Å². The first-order chi connectivity index (χ1) is 8.33. The average Bonchev–Trinajstić information content (AvgIpc) is 2.36. The summed E-state index contributed by atoms with van der Waals surface area (Å²) in [5.41, 5.74) is 1.11. The van der Waals surface area contributed by atoms with Crippen LogP contribution in [0.4, 0.5) is 0 Å². The summed E-state index contributed by atoms with van der Waals surface area (Å²) in [6.45, 7) is 2.56.